The van der Waals surface area contributed by atoms with Crippen LogP contribution >= 0.6 is 0 Å². The van der Waals surface area contributed by atoms with E-state index in [2.05, 4.69) is 26.1 Å². The van der Waals surface area contributed by atoms with Crippen LogP contribution in [0.1, 0.15) is 52.9 Å². The Morgan fingerprint density at radius 3 is 1.83 bits per heavy atom. The van der Waals surface area contributed by atoms with Gasteiger partial charge in [0.15, 0.2) is 0 Å². The molecular weight excluding hydrogens is 146 g/mol. The molecule has 1 nitrogen and oxygen atoms in total. The second-order valence-electron chi connectivity index (χ2n) is 3.74. The molecule has 0 aromatic carbocycles. The molecule has 0 heterocycles. The lowest BCUT2D eigenvalue weighted by atomic mass is 10.1. The van der Waals surface area contributed by atoms with Crippen LogP contribution in [0.4, 0.5) is 0 Å². The van der Waals surface area contributed by atoms with E-state index >= 15 is 0 Å². The highest BCUT2D eigenvalue weighted by Crippen LogP contribution is 2.08. The van der Waals surface area contributed by atoms with Crippen molar-refractivity contribution in [2.45, 2.75) is 52.9 Å². The molecule has 0 atom stereocenters. The maximum Gasteiger partial charge on any atom is -0.0167 e. The maximum atomic E-state index is 2.75. The van der Waals surface area contributed by atoms with Crippen LogP contribution < -0.4 is 5.32 Å². The third kappa shape index (κ3) is 22.5. The second-order valence-corrected chi connectivity index (χ2v) is 3.74. The van der Waals surface area contributed by atoms with Gasteiger partial charge in [0.1, 0.15) is 0 Å². The minimum atomic E-state index is 0.904. The molecule has 0 amide bonds. The zero-order chi connectivity index (χ0) is 9.82. The van der Waals surface area contributed by atoms with Crippen molar-refractivity contribution < 1.29 is 0 Å². The highest BCUT2D eigenvalue weighted by atomic mass is 14.7. The van der Waals surface area contributed by atoms with Gasteiger partial charge in [-0.05, 0) is 20.0 Å². The van der Waals surface area contributed by atoms with Gasteiger partial charge in [0.2, 0.25) is 0 Å². The molecule has 12 heavy (non-hydrogen) atoms. The molecule has 0 saturated heterocycles. The van der Waals surface area contributed by atoms with Crippen LogP contribution in [0.25, 0.3) is 0 Å². The highest BCUT2D eigenvalue weighted by Gasteiger charge is 1.91. The Hall–Kier alpha value is -0.0400. The molecule has 0 bridgehead atoms. The molecule has 0 aromatic heterocycles. The van der Waals surface area contributed by atoms with E-state index < -0.39 is 0 Å². The summed E-state index contributed by atoms with van der Waals surface area (Å²) in [6, 6.07) is 0. The lowest BCUT2D eigenvalue weighted by Crippen LogP contribution is -1.89. The maximum absolute atomic E-state index is 2.75. The van der Waals surface area contributed by atoms with Crippen molar-refractivity contribution in [2.24, 2.45) is 5.92 Å². The SMILES string of the molecule is CCCCCCC(C)C.CNC. The predicted octanol–water partition coefficient (Wildman–Crippen LogP) is 3.45. The predicted molar refractivity (Wildman–Crippen MR) is 58.6 cm³/mol. The van der Waals surface area contributed by atoms with Crippen LogP contribution in [0.2, 0.25) is 0 Å². The van der Waals surface area contributed by atoms with Crippen molar-refractivity contribution in [3.8, 4) is 0 Å². The fraction of sp³-hybridized carbons (Fsp3) is 1.00. The smallest absolute Gasteiger partial charge is 0.0167 e. The van der Waals surface area contributed by atoms with Gasteiger partial charge >= 0.3 is 0 Å². The van der Waals surface area contributed by atoms with E-state index in [1.165, 1.54) is 32.1 Å². The van der Waals surface area contributed by atoms with Gasteiger partial charge in [-0.3, -0.25) is 0 Å². The number of rotatable bonds is 5. The van der Waals surface area contributed by atoms with Gasteiger partial charge in [-0.1, -0.05) is 52.9 Å². The summed E-state index contributed by atoms with van der Waals surface area (Å²) in [7, 11) is 3.75. The first-order valence-corrected chi connectivity index (χ1v) is 5.27. The van der Waals surface area contributed by atoms with E-state index in [0.717, 1.165) is 5.92 Å². The number of hydrogen-bond acceptors (Lipinski definition) is 1. The first-order chi connectivity index (χ1) is 5.68. The van der Waals surface area contributed by atoms with E-state index in [4.69, 9.17) is 0 Å². The minimum Gasteiger partial charge on any atom is -0.323 e. The average Bonchev–Trinajstić information content (AvgIpc) is 1.99. The molecule has 1 heteroatoms. The first-order valence-electron chi connectivity index (χ1n) is 5.27. The fourth-order valence-corrected chi connectivity index (χ4v) is 0.979. The monoisotopic (exact) mass is 173 g/mol. The Labute approximate surface area is 78.9 Å². The third-order valence-electron chi connectivity index (χ3n) is 1.64. The highest BCUT2D eigenvalue weighted by molar-refractivity contribution is 4.45. The molecule has 0 fully saturated rings. The van der Waals surface area contributed by atoms with E-state index in [0.29, 0.717) is 0 Å². The van der Waals surface area contributed by atoms with Gasteiger partial charge < -0.3 is 5.32 Å². The van der Waals surface area contributed by atoms with Gasteiger partial charge in [0.25, 0.3) is 0 Å². The van der Waals surface area contributed by atoms with Crippen molar-refractivity contribution in [3.05, 3.63) is 0 Å². The van der Waals surface area contributed by atoms with Crippen LogP contribution in [0.5, 0.6) is 0 Å². The summed E-state index contributed by atoms with van der Waals surface area (Å²) >= 11 is 0. The second kappa shape index (κ2) is 13.5. The summed E-state index contributed by atoms with van der Waals surface area (Å²) in [6.45, 7) is 6.85. The van der Waals surface area contributed by atoms with Crippen LogP contribution in [-0.2, 0) is 0 Å². The lowest BCUT2D eigenvalue weighted by molar-refractivity contribution is 0.525. The van der Waals surface area contributed by atoms with Crippen molar-refractivity contribution in [1.29, 1.82) is 0 Å². The standard InChI is InChI=1S/C9H20.C2H7N/c1-4-5-6-7-8-9(2)3;1-3-2/h9H,4-8H2,1-3H3;3H,1-2H3. The van der Waals surface area contributed by atoms with Crippen molar-refractivity contribution >= 4 is 0 Å². The van der Waals surface area contributed by atoms with Crippen molar-refractivity contribution in [3.63, 3.8) is 0 Å². The van der Waals surface area contributed by atoms with Crippen molar-refractivity contribution in [2.75, 3.05) is 14.1 Å². The number of unbranched alkanes of at least 4 members (excludes halogenated alkanes) is 3. The van der Waals surface area contributed by atoms with Gasteiger partial charge in [-0.15, -0.1) is 0 Å². The largest absolute Gasteiger partial charge is 0.323 e. The molecular formula is C11H27N. The molecule has 0 aliphatic heterocycles. The quantitative estimate of drug-likeness (QED) is 0.628. The van der Waals surface area contributed by atoms with Crippen molar-refractivity contribution in [1.82, 2.24) is 5.32 Å². The van der Waals surface area contributed by atoms with Gasteiger partial charge in [0, 0.05) is 0 Å². The summed E-state index contributed by atoms with van der Waals surface area (Å²) < 4.78 is 0. The molecule has 0 unspecified atom stereocenters. The minimum absolute atomic E-state index is 0.904. The Morgan fingerprint density at radius 1 is 1.00 bits per heavy atom. The Morgan fingerprint density at radius 2 is 1.50 bits per heavy atom. The molecule has 76 valence electrons. The molecule has 0 rings (SSSR count). The Bertz CT molecular complexity index is 60.0. The summed E-state index contributed by atoms with van der Waals surface area (Å²) in [5.41, 5.74) is 0. The first kappa shape index (κ1) is 14.5. The Kier molecular flexibility index (Phi) is 16.3. The summed E-state index contributed by atoms with van der Waals surface area (Å²) in [4.78, 5) is 0. The molecule has 0 spiro atoms. The van der Waals surface area contributed by atoms with E-state index in [1.807, 2.05) is 14.1 Å². The van der Waals surface area contributed by atoms with Crippen LogP contribution in [0, 0.1) is 5.92 Å². The van der Waals surface area contributed by atoms with E-state index in [9.17, 15) is 0 Å². The molecule has 0 aliphatic carbocycles. The van der Waals surface area contributed by atoms with E-state index in [-0.39, 0.29) is 0 Å². The molecule has 0 radical (unpaired) electrons. The zero-order valence-electron chi connectivity index (χ0n) is 9.61. The fourth-order valence-electron chi connectivity index (χ4n) is 0.979. The van der Waals surface area contributed by atoms with Gasteiger partial charge in [0.05, 0.1) is 0 Å². The molecule has 0 saturated carbocycles. The third-order valence-corrected chi connectivity index (χ3v) is 1.64. The summed E-state index contributed by atoms with van der Waals surface area (Å²) in [5, 5.41) is 2.75. The normalized spacial score (nSPS) is 9.50. The number of nitrogens with one attached hydrogen (secondary N) is 1. The average molecular weight is 173 g/mol. The summed E-state index contributed by atoms with van der Waals surface area (Å²) in [6.07, 6.45) is 7.07. The van der Waals surface area contributed by atoms with Crippen LogP contribution in [0.15, 0.2) is 0 Å². The van der Waals surface area contributed by atoms with Gasteiger partial charge in [-0.25, -0.2) is 0 Å². The lowest BCUT2D eigenvalue weighted by Gasteiger charge is -2.01. The molecule has 0 aliphatic rings. The molecule has 1 N–H and O–H groups in total. The van der Waals surface area contributed by atoms with Crippen LogP contribution in [-0.4, -0.2) is 14.1 Å². The molecule has 0 aromatic rings. The van der Waals surface area contributed by atoms with E-state index in [1.54, 1.807) is 0 Å². The number of hydrogen-bond donors (Lipinski definition) is 1. The van der Waals surface area contributed by atoms with Gasteiger partial charge in [-0.2, -0.15) is 0 Å². The van der Waals surface area contributed by atoms with Crippen LogP contribution in [0.3, 0.4) is 0 Å². The topological polar surface area (TPSA) is 12.0 Å². The zero-order valence-corrected chi connectivity index (χ0v) is 9.61. The summed E-state index contributed by atoms with van der Waals surface area (Å²) in [5.74, 6) is 0.904. The Balaban J connectivity index is 0.